The van der Waals surface area contributed by atoms with Crippen molar-refractivity contribution in [3.63, 3.8) is 0 Å². The molecule has 1 atom stereocenters. The molecule has 0 radical (unpaired) electrons. The van der Waals surface area contributed by atoms with Gasteiger partial charge >= 0.3 is 5.97 Å². The van der Waals surface area contributed by atoms with Gasteiger partial charge in [-0.1, -0.05) is 49.7 Å². The van der Waals surface area contributed by atoms with Crippen molar-refractivity contribution < 1.29 is 23.9 Å². The van der Waals surface area contributed by atoms with Crippen molar-refractivity contribution in [2.75, 3.05) is 0 Å². The molecule has 0 saturated heterocycles. The molecular weight excluding hydrogens is 422 g/mol. The Morgan fingerprint density at radius 1 is 1.03 bits per heavy atom. The van der Waals surface area contributed by atoms with E-state index in [9.17, 15) is 19.5 Å². The summed E-state index contributed by atoms with van der Waals surface area (Å²) in [6.45, 7) is 5.53. The summed E-state index contributed by atoms with van der Waals surface area (Å²) in [6, 6.07) is 16.1. The summed E-state index contributed by atoms with van der Waals surface area (Å²) in [4.78, 5) is 36.6. The third-order valence-electron chi connectivity index (χ3n) is 4.93. The first-order valence-corrected chi connectivity index (χ1v) is 10.4. The van der Waals surface area contributed by atoms with Crippen LogP contribution in [-0.2, 0) is 4.79 Å². The Hall–Kier alpha value is -4.20. The number of carboxylic acids is 1. The van der Waals surface area contributed by atoms with Gasteiger partial charge in [0.25, 0.3) is 11.8 Å². The van der Waals surface area contributed by atoms with Gasteiger partial charge in [0.2, 0.25) is 0 Å². The molecule has 0 fully saturated rings. The van der Waals surface area contributed by atoms with E-state index < -0.39 is 17.9 Å². The van der Waals surface area contributed by atoms with Gasteiger partial charge in [0.05, 0.1) is 11.8 Å². The molecule has 2 amide bonds. The predicted molar refractivity (Wildman–Crippen MR) is 124 cm³/mol. The number of carbonyl (C=O) groups excluding carboxylic acids is 2. The van der Waals surface area contributed by atoms with E-state index in [1.165, 1.54) is 12.3 Å². The predicted octanol–water partition coefficient (Wildman–Crippen LogP) is 3.86. The van der Waals surface area contributed by atoms with E-state index in [2.05, 4.69) is 15.8 Å². The lowest BCUT2D eigenvalue weighted by Gasteiger charge is -2.20. The molecule has 0 aliphatic rings. The zero-order valence-electron chi connectivity index (χ0n) is 18.5. The highest BCUT2D eigenvalue weighted by atomic mass is 16.4. The molecule has 3 rings (SSSR count). The van der Waals surface area contributed by atoms with Crippen LogP contribution < -0.4 is 10.7 Å². The van der Waals surface area contributed by atoms with E-state index in [0.717, 1.165) is 5.56 Å². The van der Waals surface area contributed by atoms with Gasteiger partial charge in [-0.15, -0.1) is 0 Å². The number of carbonyl (C=O) groups is 3. The molecule has 8 nitrogen and oxygen atoms in total. The van der Waals surface area contributed by atoms with E-state index >= 15 is 0 Å². The normalized spacial score (nSPS) is 12.0. The molecule has 0 aliphatic carbocycles. The minimum absolute atomic E-state index is 0.118. The average molecular weight is 447 g/mol. The number of aromatic carboxylic acids is 1. The molecule has 1 heterocycles. The number of aryl methyl sites for hydroxylation is 1. The highest BCUT2D eigenvalue weighted by Crippen LogP contribution is 2.25. The molecule has 8 heteroatoms. The number of carboxylic acid groups (broad SMARTS) is 1. The number of hydrazone groups is 1. The molecule has 3 N–H and O–H groups in total. The van der Waals surface area contributed by atoms with Crippen LogP contribution in [0.5, 0.6) is 0 Å². The van der Waals surface area contributed by atoms with E-state index in [1.54, 1.807) is 48.5 Å². The summed E-state index contributed by atoms with van der Waals surface area (Å²) in [5.41, 5.74) is 4.40. The average Bonchev–Trinajstić information content (AvgIpc) is 3.25. The molecule has 0 unspecified atom stereocenters. The maximum atomic E-state index is 12.6. The molecule has 33 heavy (non-hydrogen) atoms. The molecule has 0 spiro atoms. The summed E-state index contributed by atoms with van der Waals surface area (Å²) in [6.07, 6.45) is 1.31. The van der Waals surface area contributed by atoms with Crippen LogP contribution in [0.1, 0.15) is 45.9 Å². The van der Waals surface area contributed by atoms with Crippen LogP contribution in [0.4, 0.5) is 0 Å². The second kappa shape index (κ2) is 10.4. The van der Waals surface area contributed by atoms with Crippen LogP contribution in [0, 0.1) is 12.8 Å². The van der Waals surface area contributed by atoms with Gasteiger partial charge in [0.15, 0.2) is 0 Å². The van der Waals surface area contributed by atoms with Gasteiger partial charge in [-0.2, -0.15) is 5.10 Å². The topological polar surface area (TPSA) is 121 Å². The fraction of sp³-hybridized carbons (Fsp3) is 0.200. The van der Waals surface area contributed by atoms with Gasteiger partial charge in [0, 0.05) is 11.1 Å². The van der Waals surface area contributed by atoms with Gasteiger partial charge in [-0.3, -0.25) is 9.59 Å². The van der Waals surface area contributed by atoms with Crippen molar-refractivity contribution >= 4 is 24.0 Å². The molecule has 0 saturated carbocycles. The molecule has 2 aromatic carbocycles. The molecule has 170 valence electrons. The lowest BCUT2D eigenvalue weighted by atomic mass is 10.0. The zero-order valence-corrected chi connectivity index (χ0v) is 18.5. The Bertz CT molecular complexity index is 1200. The van der Waals surface area contributed by atoms with Crippen molar-refractivity contribution in [3.8, 4) is 11.3 Å². The number of rotatable bonds is 8. The van der Waals surface area contributed by atoms with Crippen molar-refractivity contribution in [2.45, 2.75) is 26.8 Å². The Morgan fingerprint density at radius 2 is 1.79 bits per heavy atom. The third kappa shape index (κ3) is 5.94. The SMILES string of the molecule is Cc1cccc(C(=O)N[C@@H](C(=O)N/N=C/c2ccc(-c3ccccc3C(=O)O)o2)C(C)C)c1. The van der Waals surface area contributed by atoms with Crippen molar-refractivity contribution in [1.29, 1.82) is 0 Å². The van der Waals surface area contributed by atoms with Gasteiger partial charge in [-0.25, -0.2) is 10.2 Å². The lowest BCUT2D eigenvalue weighted by Crippen LogP contribution is -2.48. The number of furan rings is 1. The zero-order chi connectivity index (χ0) is 24.0. The summed E-state index contributed by atoms with van der Waals surface area (Å²) in [7, 11) is 0. The number of hydrogen-bond acceptors (Lipinski definition) is 5. The Kier molecular flexibility index (Phi) is 7.40. The third-order valence-corrected chi connectivity index (χ3v) is 4.93. The van der Waals surface area contributed by atoms with Crippen molar-refractivity contribution in [3.05, 3.63) is 83.1 Å². The lowest BCUT2D eigenvalue weighted by molar-refractivity contribution is -0.123. The van der Waals surface area contributed by atoms with Crippen LogP contribution >= 0.6 is 0 Å². The summed E-state index contributed by atoms with van der Waals surface area (Å²) < 4.78 is 5.65. The van der Waals surface area contributed by atoms with Gasteiger partial charge in [-0.05, 0) is 43.2 Å². The fourth-order valence-electron chi connectivity index (χ4n) is 3.23. The quantitative estimate of drug-likeness (QED) is 0.358. The van der Waals surface area contributed by atoms with Crippen molar-refractivity contribution in [2.24, 2.45) is 11.0 Å². The van der Waals surface area contributed by atoms with Crippen molar-refractivity contribution in [1.82, 2.24) is 10.7 Å². The minimum Gasteiger partial charge on any atom is -0.478 e. The maximum absolute atomic E-state index is 12.6. The second-order valence-electron chi connectivity index (χ2n) is 7.85. The number of benzene rings is 2. The van der Waals surface area contributed by atoms with Gasteiger partial charge in [0.1, 0.15) is 17.6 Å². The number of nitrogens with one attached hydrogen (secondary N) is 2. The number of nitrogens with zero attached hydrogens (tertiary/aromatic N) is 1. The molecule has 0 bridgehead atoms. The fourth-order valence-corrected chi connectivity index (χ4v) is 3.23. The maximum Gasteiger partial charge on any atom is 0.336 e. The highest BCUT2D eigenvalue weighted by molar-refractivity contribution is 5.98. The summed E-state index contributed by atoms with van der Waals surface area (Å²) >= 11 is 0. The minimum atomic E-state index is -1.06. The first-order chi connectivity index (χ1) is 15.8. The first-order valence-electron chi connectivity index (χ1n) is 10.4. The van der Waals surface area contributed by atoms with Crippen LogP contribution in [0.2, 0.25) is 0 Å². The molecule has 1 aromatic heterocycles. The smallest absolute Gasteiger partial charge is 0.336 e. The van der Waals surface area contributed by atoms with E-state index in [-0.39, 0.29) is 17.4 Å². The molecule has 0 aliphatic heterocycles. The van der Waals surface area contributed by atoms with E-state index in [4.69, 9.17) is 4.42 Å². The van der Waals surface area contributed by atoms with Crippen LogP contribution in [0.15, 0.2) is 70.2 Å². The molecule has 3 aromatic rings. The van der Waals surface area contributed by atoms with E-state index in [0.29, 0.717) is 22.6 Å². The van der Waals surface area contributed by atoms with Crippen LogP contribution in [-0.4, -0.2) is 35.1 Å². The largest absolute Gasteiger partial charge is 0.478 e. The Morgan fingerprint density at radius 3 is 2.48 bits per heavy atom. The summed E-state index contributed by atoms with van der Waals surface area (Å²) in [5.74, 6) is -1.34. The van der Waals surface area contributed by atoms with Crippen LogP contribution in [0.3, 0.4) is 0 Å². The highest BCUT2D eigenvalue weighted by Gasteiger charge is 2.24. The first kappa shape index (κ1) is 23.5. The number of amides is 2. The monoisotopic (exact) mass is 447 g/mol. The Balaban J connectivity index is 1.66. The van der Waals surface area contributed by atoms with Crippen LogP contribution in [0.25, 0.3) is 11.3 Å². The van der Waals surface area contributed by atoms with Gasteiger partial charge < -0.3 is 14.8 Å². The second-order valence-corrected chi connectivity index (χ2v) is 7.85. The molecular formula is C25H25N3O5. The standard InChI is InChI=1S/C25H25N3O5/c1-15(2)22(27-23(29)17-8-6-7-16(3)13-17)24(30)28-26-14-18-11-12-21(33-18)19-9-4-5-10-20(19)25(31)32/h4-15,22H,1-3H3,(H,27,29)(H,28,30)(H,31,32)/b26-14+/t22-/m1/s1. The Labute approximate surface area is 191 Å². The van der Waals surface area contributed by atoms with E-state index in [1.807, 2.05) is 26.8 Å². The summed E-state index contributed by atoms with van der Waals surface area (Å²) in [5, 5.41) is 16.0. The number of hydrogen-bond donors (Lipinski definition) is 3.